The first-order valence-corrected chi connectivity index (χ1v) is 10.7. The van der Waals surface area contributed by atoms with Crippen LogP contribution in [0, 0.1) is 17.8 Å². The first-order chi connectivity index (χ1) is 14.9. The molecule has 0 aliphatic heterocycles. The van der Waals surface area contributed by atoms with E-state index in [0.29, 0.717) is 18.0 Å². The third kappa shape index (κ3) is 5.60. The van der Waals surface area contributed by atoms with Crippen molar-refractivity contribution in [3.05, 3.63) is 54.6 Å². The quantitative estimate of drug-likeness (QED) is 0.312. The van der Waals surface area contributed by atoms with Crippen molar-refractivity contribution in [2.75, 3.05) is 10.6 Å². The topological polar surface area (TPSA) is 86.9 Å². The largest absolute Gasteiger partial charge is 0.338 e. The van der Waals surface area contributed by atoms with Crippen molar-refractivity contribution >= 4 is 34.7 Å². The third-order valence-corrected chi connectivity index (χ3v) is 5.72. The molecule has 0 radical (unpaired) electrons. The molecule has 162 valence electrons. The Bertz CT molecular complexity index is 1070. The van der Waals surface area contributed by atoms with E-state index in [1.807, 2.05) is 43.3 Å². The van der Waals surface area contributed by atoms with Gasteiger partial charge in [-0.05, 0) is 54.3 Å². The normalized spacial score (nSPS) is 14.3. The van der Waals surface area contributed by atoms with Gasteiger partial charge in [0, 0.05) is 22.9 Å². The molecule has 3 rings (SSSR count). The number of allylic oxidation sites excluding steroid dienone is 2. The molecule has 6 heteroatoms. The zero-order chi connectivity index (χ0) is 22.4. The number of nitrogens with zero attached hydrogens (tertiary/aromatic N) is 1. The van der Waals surface area contributed by atoms with Crippen LogP contribution in [0.15, 0.2) is 54.6 Å². The SMILES string of the molecule is CCC(C)/C=C\C(C)C(C)C(=O)Nc1ccc(-c2nc3ccc(NC=O)cc3[nH]2)cc1. The fraction of sp³-hybridized carbons (Fsp3) is 0.320. The predicted molar refractivity (Wildman–Crippen MR) is 127 cm³/mol. The number of anilines is 2. The number of hydrogen-bond donors (Lipinski definition) is 3. The zero-order valence-electron chi connectivity index (χ0n) is 18.5. The van der Waals surface area contributed by atoms with Gasteiger partial charge in [-0.3, -0.25) is 9.59 Å². The molecule has 2 amide bonds. The fourth-order valence-corrected chi connectivity index (χ4v) is 3.18. The number of nitrogens with one attached hydrogen (secondary N) is 3. The number of carbonyl (C=O) groups excluding carboxylic acids is 2. The molecule has 0 saturated heterocycles. The van der Waals surface area contributed by atoms with Gasteiger partial charge in [0.25, 0.3) is 0 Å². The van der Waals surface area contributed by atoms with E-state index in [4.69, 9.17) is 0 Å². The smallest absolute Gasteiger partial charge is 0.227 e. The maximum Gasteiger partial charge on any atom is 0.227 e. The number of benzene rings is 2. The Morgan fingerprint density at radius 3 is 2.45 bits per heavy atom. The second-order valence-corrected chi connectivity index (χ2v) is 8.06. The minimum absolute atomic E-state index is 0.00740. The number of amides is 2. The van der Waals surface area contributed by atoms with Crippen LogP contribution in [0.1, 0.15) is 34.1 Å². The molecule has 3 unspecified atom stereocenters. The standard InChI is InChI=1S/C25H30N4O2/c1-5-16(2)6-7-17(3)18(4)25(31)27-20-10-8-19(9-11-20)24-28-22-13-12-21(26-15-30)14-23(22)29-24/h6-18H,5H2,1-4H3,(H,26,30)(H,27,31)(H,28,29)/b7-6-. The highest BCUT2D eigenvalue weighted by atomic mass is 16.2. The van der Waals surface area contributed by atoms with Gasteiger partial charge in [-0.25, -0.2) is 4.98 Å². The highest BCUT2D eigenvalue weighted by Crippen LogP contribution is 2.24. The van der Waals surface area contributed by atoms with Gasteiger partial charge in [0.2, 0.25) is 12.3 Å². The van der Waals surface area contributed by atoms with Gasteiger partial charge in [0.1, 0.15) is 5.82 Å². The van der Waals surface area contributed by atoms with Gasteiger partial charge in [-0.1, -0.05) is 46.3 Å². The van der Waals surface area contributed by atoms with Crippen molar-refractivity contribution in [3.63, 3.8) is 0 Å². The van der Waals surface area contributed by atoms with Gasteiger partial charge in [0.15, 0.2) is 0 Å². The summed E-state index contributed by atoms with van der Waals surface area (Å²) in [6.07, 6.45) is 6.07. The molecule has 31 heavy (non-hydrogen) atoms. The number of fused-ring (bicyclic) bond motifs is 1. The van der Waals surface area contributed by atoms with Gasteiger partial charge in [-0.2, -0.15) is 0 Å². The summed E-state index contributed by atoms with van der Waals surface area (Å²) in [7, 11) is 0. The summed E-state index contributed by atoms with van der Waals surface area (Å²) in [6, 6.07) is 13.1. The maximum atomic E-state index is 12.6. The molecule has 2 aromatic carbocycles. The van der Waals surface area contributed by atoms with Crippen LogP contribution in [-0.4, -0.2) is 22.3 Å². The van der Waals surface area contributed by atoms with Gasteiger partial charge < -0.3 is 15.6 Å². The molecule has 3 atom stereocenters. The predicted octanol–water partition coefficient (Wildman–Crippen LogP) is 5.61. The van der Waals surface area contributed by atoms with Gasteiger partial charge in [-0.15, -0.1) is 0 Å². The molecule has 0 saturated carbocycles. The third-order valence-electron chi connectivity index (χ3n) is 5.72. The van der Waals surface area contributed by atoms with Crippen LogP contribution in [0.4, 0.5) is 11.4 Å². The molecular formula is C25H30N4O2. The molecule has 0 spiro atoms. The van der Waals surface area contributed by atoms with E-state index >= 15 is 0 Å². The summed E-state index contributed by atoms with van der Waals surface area (Å²) in [5.74, 6) is 1.31. The summed E-state index contributed by atoms with van der Waals surface area (Å²) in [5, 5.41) is 5.64. The summed E-state index contributed by atoms with van der Waals surface area (Å²) < 4.78 is 0. The van der Waals surface area contributed by atoms with Crippen LogP contribution >= 0.6 is 0 Å². The molecule has 0 fully saturated rings. The van der Waals surface area contributed by atoms with E-state index in [1.165, 1.54) is 0 Å². The van der Waals surface area contributed by atoms with Crippen molar-refractivity contribution in [2.24, 2.45) is 17.8 Å². The fourth-order valence-electron chi connectivity index (χ4n) is 3.18. The van der Waals surface area contributed by atoms with Crippen molar-refractivity contribution in [1.82, 2.24) is 9.97 Å². The highest BCUT2D eigenvalue weighted by molar-refractivity contribution is 5.93. The molecule has 3 aromatic rings. The number of carbonyl (C=O) groups is 2. The molecule has 3 N–H and O–H groups in total. The molecule has 0 aliphatic rings. The van der Waals surface area contributed by atoms with E-state index in [1.54, 1.807) is 6.07 Å². The number of rotatable bonds is 9. The average Bonchev–Trinajstić information content (AvgIpc) is 3.20. The van der Waals surface area contributed by atoms with Gasteiger partial charge in [0.05, 0.1) is 11.0 Å². The second kappa shape index (κ2) is 10.1. The van der Waals surface area contributed by atoms with Crippen LogP contribution in [0.2, 0.25) is 0 Å². The minimum atomic E-state index is -0.121. The zero-order valence-corrected chi connectivity index (χ0v) is 18.5. The Balaban J connectivity index is 1.67. The van der Waals surface area contributed by atoms with E-state index in [9.17, 15) is 9.59 Å². The summed E-state index contributed by atoms with van der Waals surface area (Å²) >= 11 is 0. The van der Waals surface area contributed by atoms with E-state index in [2.05, 4.69) is 53.5 Å². The lowest BCUT2D eigenvalue weighted by Crippen LogP contribution is -2.24. The summed E-state index contributed by atoms with van der Waals surface area (Å²) in [6.45, 7) is 8.37. The van der Waals surface area contributed by atoms with Gasteiger partial charge >= 0.3 is 0 Å². The van der Waals surface area contributed by atoms with Crippen LogP contribution < -0.4 is 10.6 Å². The Morgan fingerprint density at radius 1 is 1.06 bits per heavy atom. The lowest BCUT2D eigenvalue weighted by Gasteiger charge is -2.17. The molecule has 6 nitrogen and oxygen atoms in total. The van der Waals surface area contributed by atoms with Crippen molar-refractivity contribution in [1.29, 1.82) is 0 Å². The minimum Gasteiger partial charge on any atom is -0.338 e. The van der Waals surface area contributed by atoms with Crippen molar-refractivity contribution in [3.8, 4) is 11.4 Å². The first-order valence-electron chi connectivity index (χ1n) is 10.7. The number of hydrogen-bond acceptors (Lipinski definition) is 3. The Morgan fingerprint density at radius 2 is 1.77 bits per heavy atom. The molecule has 0 bridgehead atoms. The number of imidazole rings is 1. The Kier molecular flexibility index (Phi) is 7.23. The summed E-state index contributed by atoms with van der Waals surface area (Å²) in [4.78, 5) is 31.1. The van der Waals surface area contributed by atoms with Crippen LogP contribution in [-0.2, 0) is 9.59 Å². The Hall–Kier alpha value is -3.41. The molecule has 1 aromatic heterocycles. The molecular weight excluding hydrogens is 388 g/mol. The first kappa shape index (κ1) is 22.3. The Labute approximate surface area is 183 Å². The summed E-state index contributed by atoms with van der Waals surface area (Å²) in [5.41, 5.74) is 4.03. The van der Waals surface area contributed by atoms with Crippen LogP contribution in [0.3, 0.4) is 0 Å². The van der Waals surface area contributed by atoms with E-state index < -0.39 is 0 Å². The molecule has 1 heterocycles. The van der Waals surface area contributed by atoms with Crippen LogP contribution in [0.5, 0.6) is 0 Å². The van der Waals surface area contributed by atoms with Crippen molar-refractivity contribution < 1.29 is 9.59 Å². The average molecular weight is 419 g/mol. The monoisotopic (exact) mass is 418 g/mol. The highest BCUT2D eigenvalue weighted by Gasteiger charge is 2.18. The number of H-pyrrole nitrogens is 1. The maximum absolute atomic E-state index is 12.6. The second-order valence-electron chi connectivity index (χ2n) is 8.06. The molecule has 0 aliphatic carbocycles. The number of aromatic amines is 1. The lowest BCUT2D eigenvalue weighted by molar-refractivity contribution is -0.120. The van der Waals surface area contributed by atoms with Crippen LogP contribution in [0.25, 0.3) is 22.4 Å². The number of aromatic nitrogens is 2. The lowest BCUT2D eigenvalue weighted by atomic mass is 9.93. The van der Waals surface area contributed by atoms with E-state index in [0.717, 1.165) is 34.5 Å². The van der Waals surface area contributed by atoms with Crippen molar-refractivity contribution in [2.45, 2.75) is 34.1 Å². The van der Waals surface area contributed by atoms with E-state index in [-0.39, 0.29) is 17.7 Å².